The highest BCUT2D eigenvalue weighted by molar-refractivity contribution is 5.31. The second kappa shape index (κ2) is 6.38. The maximum Gasteiger partial charge on any atom is 0.203 e. The molecular formula is C13H20N4O2. The molecule has 0 atom stereocenters. The molecule has 0 bridgehead atoms. The molecule has 6 heteroatoms. The molecule has 0 spiro atoms. The van der Waals surface area contributed by atoms with Gasteiger partial charge in [-0.05, 0) is 20.3 Å². The summed E-state index contributed by atoms with van der Waals surface area (Å²) in [4.78, 5) is 4.31. The molecule has 0 aliphatic rings. The predicted molar refractivity (Wildman–Crippen MR) is 72.0 cm³/mol. The fourth-order valence-electron chi connectivity index (χ4n) is 1.96. The molecule has 0 fully saturated rings. The molecule has 0 saturated carbocycles. The van der Waals surface area contributed by atoms with E-state index in [-0.39, 0.29) is 0 Å². The maximum absolute atomic E-state index is 5.14. The lowest BCUT2D eigenvalue weighted by molar-refractivity contribution is 0.190. The van der Waals surface area contributed by atoms with Crippen LogP contribution in [-0.2, 0) is 17.8 Å². The van der Waals surface area contributed by atoms with Crippen LogP contribution in [0.4, 0.5) is 5.95 Å². The van der Waals surface area contributed by atoms with Gasteiger partial charge < -0.3 is 19.1 Å². The number of imidazole rings is 1. The van der Waals surface area contributed by atoms with Crippen LogP contribution in [0.2, 0.25) is 0 Å². The predicted octanol–water partition coefficient (Wildman–Crippen LogP) is 2.14. The Kier molecular flexibility index (Phi) is 4.57. The number of ether oxygens (including phenoxy) is 1. The Morgan fingerprint density at radius 1 is 1.42 bits per heavy atom. The molecule has 2 aromatic rings. The first-order valence-corrected chi connectivity index (χ1v) is 6.38. The van der Waals surface area contributed by atoms with E-state index in [9.17, 15) is 0 Å². The number of aryl methyl sites for hydroxylation is 3. The third kappa shape index (κ3) is 3.35. The van der Waals surface area contributed by atoms with Crippen LogP contribution in [0.5, 0.6) is 0 Å². The van der Waals surface area contributed by atoms with Crippen LogP contribution in [0, 0.1) is 13.8 Å². The van der Waals surface area contributed by atoms with Gasteiger partial charge in [-0.3, -0.25) is 0 Å². The highest BCUT2D eigenvalue weighted by atomic mass is 16.5. The van der Waals surface area contributed by atoms with E-state index in [1.165, 1.54) is 0 Å². The Labute approximate surface area is 112 Å². The number of rotatable bonds is 7. The first-order valence-electron chi connectivity index (χ1n) is 6.38. The highest BCUT2D eigenvalue weighted by Crippen LogP contribution is 2.14. The highest BCUT2D eigenvalue weighted by Gasteiger charge is 2.09. The molecule has 104 valence electrons. The number of nitrogens with one attached hydrogen (secondary N) is 1. The van der Waals surface area contributed by atoms with E-state index in [0.29, 0.717) is 6.54 Å². The lowest BCUT2D eigenvalue weighted by atomic mass is 10.2. The van der Waals surface area contributed by atoms with Gasteiger partial charge in [-0.25, -0.2) is 4.98 Å². The number of aromatic nitrogens is 3. The van der Waals surface area contributed by atoms with Crippen LogP contribution in [0.3, 0.4) is 0 Å². The first kappa shape index (κ1) is 13.6. The SMILES string of the molecule is COCCCn1ccnc1NCc1c(C)noc1C. The zero-order chi connectivity index (χ0) is 13.7. The van der Waals surface area contributed by atoms with Crippen LogP contribution < -0.4 is 5.32 Å². The van der Waals surface area contributed by atoms with Crippen molar-refractivity contribution in [3.05, 3.63) is 29.4 Å². The van der Waals surface area contributed by atoms with Gasteiger partial charge in [0, 0.05) is 44.8 Å². The third-order valence-corrected chi connectivity index (χ3v) is 3.07. The summed E-state index contributed by atoms with van der Waals surface area (Å²) in [6, 6.07) is 0. The van der Waals surface area contributed by atoms with Gasteiger partial charge in [0.25, 0.3) is 0 Å². The van der Waals surface area contributed by atoms with Crippen molar-refractivity contribution in [1.82, 2.24) is 14.7 Å². The summed E-state index contributed by atoms with van der Waals surface area (Å²) >= 11 is 0. The van der Waals surface area contributed by atoms with Crippen molar-refractivity contribution in [2.24, 2.45) is 0 Å². The van der Waals surface area contributed by atoms with Gasteiger partial charge in [0.2, 0.25) is 5.95 Å². The monoisotopic (exact) mass is 264 g/mol. The van der Waals surface area contributed by atoms with E-state index in [2.05, 4.69) is 20.0 Å². The summed E-state index contributed by atoms with van der Waals surface area (Å²) in [6.07, 6.45) is 4.72. The van der Waals surface area contributed by atoms with Gasteiger partial charge in [-0.1, -0.05) is 5.16 Å². The maximum atomic E-state index is 5.14. The standard InChI is InChI=1S/C13H20N4O2/c1-10-12(11(2)19-16-10)9-15-13-14-5-7-17(13)6-4-8-18-3/h5,7H,4,6,8-9H2,1-3H3,(H,14,15). The smallest absolute Gasteiger partial charge is 0.203 e. The van der Waals surface area contributed by atoms with Crippen LogP contribution >= 0.6 is 0 Å². The number of hydrogen-bond donors (Lipinski definition) is 1. The molecule has 0 aromatic carbocycles. The van der Waals surface area contributed by atoms with E-state index in [4.69, 9.17) is 9.26 Å². The Hall–Kier alpha value is -1.82. The van der Waals surface area contributed by atoms with Crippen molar-refractivity contribution in [2.75, 3.05) is 19.0 Å². The lowest BCUT2D eigenvalue weighted by Gasteiger charge is -2.09. The minimum absolute atomic E-state index is 0.669. The van der Waals surface area contributed by atoms with Crippen molar-refractivity contribution in [3.8, 4) is 0 Å². The second-order valence-corrected chi connectivity index (χ2v) is 4.45. The first-order chi connectivity index (χ1) is 9.22. The molecule has 0 aliphatic heterocycles. The topological polar surface area (TPSA) is 65.1 Å². The minimum Gasteiger partial charge on any atom is -0.385 e. The quantitative estimate of drug-likeness (QED) is 0.776. The molecule has 0 aliphatic carbocycles. The van der Waals surface area contributed by atoms with Gasteiger partial charge in [0.1, 0.15) is 5.76 Å². The van der Waals surface area contributed by atoms with Crippen molar-refractivity contribution >= 4 is 5.95 Å². The van der Waals surface area contributed by atoms with Crippen molar-refractivity contribution in [2.45, 2.75) is 33.4 Å². The van der Waals surface area contributed by atoms with Crippen LogP contribution in [0.1, 0.15) is 23.4 Å². The molecule has 2 heterocycles. The lowest BCUT2D eigenvalue weighted by Crippen LogP contribution is -2.09. The largest absolute Gasteiger partial charge is 0.385 e. The van der Waals surface area contributed by atoms with E-state index >= 15 is 0 Å². The van der Waals surface area contributed by atoms with Crippen molar-refractivity contribution in [3.63, 3.8) is 0 Å². The molecule has 2 rings (SSSR count). The summed E-state index contributed by atoms with van der Waals surface area (Å²) in [6.45, 7) is 6.17. The van der Waals surface area contributed by atoms with Gasteiger partial charge in [0.15, 0.2) is 0 Å². The summed E-state index contributed by atoms with van der Waals surface area (Å²) in [5.74, 6) is 1.71. The Morgan fingerprint density at radius 2 is 2.26 bits per heavy atom. The van der Waals surface area contributed by atoms with Crippen LogP contribution in [-0.4, -0.2) is 28.4 Å². The normalized spacial score (nSPS) is 10.9. The van der Waals surface area contributed by atoms with Crippen LogP contribution in [0.15, 0.2) is 16.9 Å². The molecular weight excluding hydrogens is 244 g/mol. The van der Waals surface area contributed by atoms with Crippen LogP contribution in [0.25, 0.3) is 0 Å². The Balaban J connectivity index is 1.94. The minimum atomic E-state index is 0.669. The summed E-state index contributed by atoms with van der Waals surface area (Å²) < 4.78 is 12.3. The molecule has 19 heavy (non-hydrogen) atoms. The molecule has 0 radical (unpaired) electrons. The van der Waals surface area contributed by atoms with Gasteiger partial charge in [-0.2, -0.15) is 0 Å². The van der Waals surface area contributed by atoms with Gasteiger partial charge >= 0.3 is 0 Å². The second-order valence-electron chi connectivity index (χ2n) is 4.45. The number of nitrogens with zero attached hydrogens (tertiary/aromatic N) is 3. The third-order valence-electron chi connectivity index (χ3n) is 3.07. The molecule has 1 N–H and O–H groups in total. The molecule has 2 aromatic heterocycles. The number of hydrogen-bond acceptors (Lipinski definition) is 5. The Morgan fingerprint density at radius 3 is 2.95 bits per heavy atom. The van der Waals surface area contributed by atoms with E-state index in [0.717, 1.165) is 42.5 Å². The molecule has 6 nitrogen and oxygen atoms in total. The number of methoxy groups -OCH3 is 1. The van der Waals surface area contributed by atoms with E-state index in [1.54, 1.807) is 13.3 Å². The fraction of sp³-hybridized carbons (Fsp3) is 0.538. The molecule has 0 saturated heterocycles. The average Bonchev–Trinajstić information content (AvgIpc) is 2.96. The fourth-order valence-corrected chi connectivity index (χ4v) is 1.96. The zero-order valence-corrected chi connectivity index (χ0v) is 11.6. The summed E-state index contributed by atoms with van der Waals surface area (Å²) in [7, 11) is 1.71. The Bertz CT molecular complexity index is 499. The summed E-state index contributed by atoms with van der Waals surface area (Å²) in [5, 5.41) is 7.26. The molecule has 0 amide bonds. The van der Waals surface area contributed by atoms with E-state index < -0.39 is 0 Å². The van der Waals surface area contributed by atoms with E-state index in [1.807, 2.05) is 20.0 Å². The van der Waals surface area contributed by atoms with Gasteiger partial charge in [0.05, 0.1) is 5.69 Å². The zero-order valence-electron chi connectivity index (χ0n) is 11.6. The number of anilines is 1. The molecule has 0 unspecified atom stereocenters. The van der Waals surface area contributed by atoms with Crippen molar-refractivity contribution < 1.29 is 9.26 Å². The van der Waals surface area contributed by atoms with Gasteiger partial charge in [-0.15, -0.1) is 0 Å². The average molecular weight is 264 g/mol. The summed E-state index contributed by atoms with van der Waals surface area (Å²) in [5.41, 5.74) is 2.01. The van der Waals surface area contributed by atoms with Crippen molar-refractivity contribution in [1.29, 1.82) is 0 Å².